The average molecular weight is 242 g/mol. The first kappa shape index (κ1) is 10.4. The number of hydrogen-bond donors (Lipinski definition) is 1. The van der Waals surface area contributed by atoms with Crippen LogP contribution in [0.1, 0.15) is 0 Å². The Hall–Kier alpha value is -2.15. The van der Waals surface area contributed by atoms with Gasteiger partial charge in [-0.25, -0.2) is 14.3 Å². The van der Waals surface area contributed by atoms with Crippen molar-refractivity contribution in [3.8, 4) is 0 Å². The molecule has 0 saturated carbocycles. The SMILES string of the molecule is O=C(O)n1cc(Cl)c2cc([N+](=O)[O-])cnc21. The van der Waals surface area contributed by atoms with Crippen LogP contribution in [0.15, 0.2) is 18.5 Å². The molecule has 16 heavy (non-hydrogen) atoms. The lowest BCUT2D eigenvalue weighted by Gasteiger charge is -1.95. The van der Waals surface area contributed by atoms with Gasteiger partial charge >= 0.3 is 6.09 Å². The molecule has 82 valence electrons. The van der Waals surface area contributed by atoms with E-state index in [1.54, 1.807) is 0 Å². The number of hydrogen-bond acceptors (Lipinski definition) is 4. The Balaban J connectivity index is 2.76. The highest BCUT2D eigenvalue weighted by atomic mass is 35.5. The molecule has 0 atom stereocenters. The zero-order chi connectivity index (χ0) is 11.9. The fourth-order valence-electron chi connectivity index (χ4n) is 1.30. The molecular formula is C8H4ClN3O4. The lowest BCUT2D eigenvalue weighted by molar-refractivity contribution is -0.385. The van der Waals surface area contributed by atoms with E-state index in [0.29, 0.717) is 0 Å². The van der Waals surface area contributed by atoms with Crippen LogP contribution in [0.3, 0.4) is 0 Å². The molecule has 0 bridgehead atoms. The van der Waals surface area contributed by atoms with E-state index in [-0.39, 0.29) is 21.7 Å². The number of fused-ring (bicyclic) bond motifs is 1. The molecule has 0 aliphatic carbocycles. The summed E-state index contributed by atoms with van der Waals surface area (Å²) in [4.78, 5) is 24.3. The van der Waals surface area contributed by atoms with Crippen LogP contribution in [0.4, 0.5) is 10.5 Å². The first-order chi connectivity index (χ1) is 7.50. The van der Waals surface area contributed by atoms with Crippen molar-refractivity contribution in [1.82, 2.24) is 9.55 Å². The lowest BCUT2D eigenvalue weighted by Crippen LogP contribution is -2.06. The Kier molecular flexibility index (Phi) is 2.24. The molecule has 2 aromatic heterocycles. The van der Waals surface area contributed by atoms with Crippen LogP contribution in [-0.4, -0.2) is 25.7 Å². The highest BCUT2D eigenvalue weighted by Gasteiger charge is 2.16. The molecule has 0 unspecified atom stereocenters. The summed E-state index contributed by atoms with van der Waals surface area (Å²) in [7, 11) is 0. The first-order valence-electron chi connectivity index (χ1n) is 4.05. The zero-order valence-electron chi connectivity index (χ0n) is 7.62. The molecule has 0 fully saturated rings. The van der Waals surface area contributed by atoms with Crippen molar-refractivity contribution in [3.05, 3.63) is 33.6 Å². The molecule has 0 aromatic carbocycles. The number of rotatable bonds is 1. The molecule has 0 saturated heterocycles. The van der Waals surface area contributed by atoms with E-state index in [2.05, 4.69) is 4.98 Å². The van der Waals surface area contributed by atoms with Crippen LogP contribution in [0, 0.1) is 10.1 Å². The molecule has 0 aliphatic rings. The summed E-state index contributed by atoms with van der Waals surface area (Å²) in [6, 6.07) is 1.18. The normalized spacial score (nSPS) is 10.6. The van der Waals surface area contributed by atoms with Gasteiger partial charge in [0.15, 0.2) is 5.65 Å². The average Bonchev–Trinajstić information content (AvgIpc) is 2.56. The molecule has 8 heteroatoms. The number of carboxylic acid groups (broad SMARTS) is 1. The third kappa shape index (κ3) is 1.47. The number of nitro groups is 1. The number of nitrogens with zero attached hydrogens (tertiary/aromatic N) is 3. The molecule has 0 aliphatic heterocycles. The maximum absolute atomic E-state index is 10.8. The van der Waals surface area contributed by atoms with Gasteiger partial charge in [-0.3, -0.25) is 10.1 Å². The second-order valence-electron chi connectivity index (χ2n) is 2.95. The molecule has 0 amide bonds. The van der Waals surface area contributed by atoms with Crippen molar-refractivity contribution >= 4 is 34.4 Å². The van der Waals surface area contributed by atoms with Crippen LogP contribution < -0.4 is 0 Å². The summed E-state index contributed by atoms with van der Waals surface area (Å²) in [5.74, 6) is 0. The van der Waals surface area contributed by atoms with Crippen LogP contribution in [0.5, 0.6) is 0 Å². The predicted octanol–water partition coefficient (Wildman–Crippen LogP) is 2.12. The molecular weight excluding hydrogens is 238 g/mol. The Bertz CT molecular complexity index is 607. The monoisotopic (exact) mass is 241 g/mol. The largest absolute Gasteiger partial charge is 0.464 e. The highest BCUT2D eigenvalue weighted by Crippen LogP contribution is 2.27. The van der Waals surface area contributed by atoms with Crippen molar-refractivity contribution in [2.24, 2.45) is 0 Å². The minimum absolute atomic E-state index is 0.0723. The molecule has 2 rings (SSSR count). The van der Waals surface area contributed by atoms with Gasteiger partial charge in [0.25, 0.3) is 5.69 Å². The minimum Gasteiger partial charge on any atom is -0.464 e. The third-order valence-electron chi connectivity index (χ3n) is 2.00. The van der Waals surface area contributed by atoms with E-state index < -0.39 is 11.0 Å². The summed E-state index contributed by atoms with van der Waals surface area (Å²) in [5, 5.41) is 19.6. The minimum atomic E-state index is -1.25. The fraction of sp³-hybridized carbons (Fsp3) is 0. The van der Waals surface area contributed by atoms with Gasteiger partial charge in [0, 0.05) is 17.6 Å². The van der Waals surface area contributed by atoms with E-state index in [1.165, 1.54) is 6.07 Å². The van der Waals surface area contributed by atoms with E-state index in [9.17, 15) is 14.9 Å². The molecule has 2 heterocycles. The van der Waals surface area contributed by atoms with Crippen molar-refractivity contribution in [3.63, 3.8) is 0 Å². The second kappa shape index (κ2) is 3.46. The molecule has 0 spiro atoms. The Morgan fingerprint density at radius 2 is 2.31 bits per heavy atom. The standard InChI is InChI=1S/C8H4ClN3O4/c9-6-3-11(8(13)14)7-5(6)1-4(2-10-7)12(15)16/h1-3H,(H,13,14). The van der Waals surface area contributed by atoms with E-state index in [4.69, 9.17) is 16.7 Å². The van der Waals surface area contributed by atoms with E-state index in [1.807, 2.05) is 0 Å². The predicted molar refractivity (Wildman–Crippen MR) is 54.8 cm³/mol. The van der Waals surface area contributed by atoms with Gasteiger partial charge in [-0.05, 0) is 0 Å². The number of pyridine rings is 1. The summed E-state index contributed by atoms with van der Waals surface area (Å²) >= 11 is 5.75. The van der Waals surface area contributed by atoms with Gasteiger partial charge in [-0.15, -0.1) is 0 Å². The third-order valence-corrected chi connectivity index (χ3v) is 2.30. The smallest absolute Gasteiger partial charge is 0.417 e. The Morgan fingerprint density at radius 3 is 2.88 bits per heavy atom. The summed E-state index contributed by atoms with van der Waals surface area (Å²) in [5.41, 5.74) is -0.166. The number of aromatic nitrogens is 2. The number of carbonyl (C=O) groups is 1. The Morgan fingerprint density at radius 1 is 1.62 bits per heavy atom. The summed E-state index contributed by atoms with van der Waals surface area (Å²) in [6.45, 7) is 0. The van der Waals surface area contributed by atoms with Crippen molar-refractivity contribution < 1.29 is 14.8 Å². The summed E-state index contributed by atoms with van der Waals surface area (Å²) in [6.07, 6.45) is 0.877. The van der Waals surface area contributed by atoms with Gasteiger partial charge < -0.3 is 5.11 Å². The molecule has 7 nitrogen and oxygen atoms in total. The summed E-state index contributed by atoms with van der Waals surface area (Å²) < 4.78 is 0.807. The number of halogens is 1. The van der Waals surface area contributed by atoms with E-state index >= 15 is 0 Å². The highest BCUT2D eigenvalue weighted by molar-refractivity contribution is 6.35. The lowest BCUT2D eigenvalue weighted by atomic mass is 10.3. The zero-order valence-corrected chi connectivity index (χ0v) is 8.38. The van der Waals surface area contributed by atoms with Crippen LogP contribution in [0.2, 0.25) is 5.02 Å². The van der Waals surface area contributed by atoms with Gasteiger partial charge in [0.05, 0.1) is 9.95 Å². The van der Waals surface area contributed by atoms with E-state index in [0.717, 1.165) is 17.0 Å². The maximum atomic E-state index is 10.8. The van der Waals surface area contributed by atoms with Crippen molar-refractivity contribution in [2.75, 3.05) is 0 Å². The van der Waals surface area contributed by atoms with Gasteiger partial charge in [-0.1, -0.05) is 11.6 Å². The molecule has 2 aromatic rings. The molecule has 1 N–H and O–H groups in total. The van der Waals surface area contributed by atoms with Crippen LogP contribution >= 0.6 is 11.6 Å². The Labute approximate surface area is 93.0 Å². The fourth-order valence-corrected chi connectivity index (χ4v) is 1.54. The topological polar surface area (TPSA) is 98.3 Å². The van der Waals surface area contributed by atoms with Gasteiger partial charge in [0.2, 0.25) is 0 Å². The van der Waals surface area contributed by atoms with Gasteiger partial charge in [0.1, 0.15) is 6.20 Å². The maximum Gasteiger partial charge on any atom is 0.417 e. The van der Waals surface area contributed by atoms with Gasteiger partial charge in [-0.2, -0.15) is 0 Å². The quantitative estimate of drug-likeness (QED) is 0.609. The molecule has 0 radical (unpaired) electrons. The van der Waals surface area contributed by atoms with Crippen molar-refractivity contribution in [2.45, 2.75) is 0 Å². The van der Waals surface area contributed by atoms with Crippen LogP contribution in [0.25, 0.3) is 11.0 Å². The first-order valence-corrected chi connectivity index (χ1v) is 4.43. The van der Waals surface area contributed by atoms with Crippen molar-refractivity contribution in [1.29, 1.82) is 0 Å². The second-order valence-corrected chi connectivity index (χ2v) is 3.36. The van der Waals surface area contributed by atoms with Crippen LogP contribution in [-0.2, 0) is 0 Å².